The van der Waals surface area contributed by atoms with E-state index in [1.807, 2.05) is 13.0 Å². The van der Waals surface area contributed by atoms with E-state index in [4.69, 9.17) is 8.83 Å². The molecule has 2 heterocycles. The summed E-state index contributed by atoms with van der Waals surface area (Å²) in [5.41, 5.74) is 1.02. The number of nitrogens with zero attached hydrogens (tertiary/aromatic N) is 1. The van der Waals surface area contributed by atoms with Crippen molar-refractivity contribution in [3.05, 3.63) is 96.2 Å². The van der Waals surface area contributed by atoms with Crippen LogP contribution in [-0.4, -0.2) is 4.92 Å². The van der Waals surface area contributed by atoms with Gasteiger partial charge in [-0.3, -0.25) is 19.7 Å². The van der Waals surface area contributed by atoms with Gasteiger partial charge in [-0.1, -0.05) is 11.6 Å². The predicted molar refractivity (Wildman–Crippen MR) is 105 cm³/mol. The second kappa shape index (κ2) is 6.62. The molecular formula is C21H13NO6. The Balaban J connectivity index is 1.78. The Labute approximate surface area is 157 Å². The van der Waals surface area contributed by atoms with Gasteiger partial charge in [-0.2, -0.15) is 0 Å². The molecule has 0 saturated carbocycles. The zero-order chi connectivity index (χ0) is 19.8. The highest BCUT2D eigenvalue weighted by atomic mass is 16.6. The maximum absolute atomic E-state index is 12.6. The van der Waals surface area contributed by atoms with Crippen molar-refractivity contribution in [3.8, 4) is 0 Å². The smallest absolute Gasteiger partial charge is 0.270 e. The molecule has 2 aromatic carbocycles. The zero-order valence-corrected chi connectivity index (χ0v) is 14.7. The van der Waals surface area contributed by atoms with Crippen molar-refractivity contribution in [1.29, 1.82) is 0 Å². The van der Waals surface area contributed by atoms with Crippen molar-refractivity contribution in [1.82, 2.24) is 0 Å². The molecule has 0 aliphatic carbocycles. The number of rotatable bonds is 3. The summed E-state index contributed by atoms with van der Waals surface area (Å²) < 4.78 is 11.1. The van der Waals surface area contributed by atoms with E-state index in [1.165, 1.54) is 42.7 Å². The van der Waals surface area contributed by atoms with Crippen molar-refractivity contribution in [2.24, 2.45) is 0 Å². The lowest BCUT2D eigenvalue weighted by molar-refractivity contribution is -0.384. The molecule has 0 atom stereocenters. The summed E-state index contributed by atoms with van der Waals surface area (Å²) in [6.45, 7) is 1.88. The van der Waals surface area contributed by atoms with Crippen molar-refractivity contribution < 1.29 is 13.8 Å². The minimum absolute atomic E-state index is 0.104. The van der Waals surface area contributed by atoms with Crippen molar-refractivity contribution in [2.45, 2.75) is 6.92 Å². The van der Waals surface area contributed by atoms with E-state index in [0.717, 1.165) is 5.56 Å². The number of aryl methyl sites for hydroxylation is 1. The van der Waals surface area contributed by atoms with E-state index in [1.54, 1.807) is 12.1 Å². The van der Waals surface area contributed by atoms with Gasteiger partial charge in [-0.05, 0) is 37.3 Å². The summed E-state index contributed by atoms with van der Waals surface area (Å²) >= 11 is 0. The Morgan fingerprint density at radius 3 is 2.54 bits per heavy atom. The monoisotopic (exact) mass is 375 g/mol. The summed E-state index contributed by atoms with van der Waals surface area (Å²) in [4.78, 5) is 35.2. The molecule has 0 N–H and O–H groups in total. The average Bonchev–Trinajstić information content (AvgIpc) is 2.68. The van der Waals surface area contributed by atoms with Gasteiger partial charge >= 0.3 is 0 Å². The summed E-state index contributed by atoms with van der Waals surface area (Å²) in [5.74, 6) is 0.278. The molecule has 28 heavy (non-hydrogen) atoms. The van der Waals surface area contributed by atoms with Crippen LogP contribution in [0.15, 0.2) is 67.2 Å². The molecule has 138 valence electrons. The summed E-state index contributed by atoms with van der Waals surface area (Å²) in [6, 6.07) is 10.5. The first kappa shape index (κ1) is 17.4. The minimum Gasteiger partial charge on any atom is -0.463 e. The molecule has 0 radical (unpaired) electrons. The van der Waals surface area contributed by atoms with Crippen LogP contribution in [0.25, 0.3) is 34.1 Å². The molecule has 4 rings (SSSR count). The Kier molecular flexibility index (Phi) is 4.12. The summed E-state index contributed by atoms with van der Waals surface area (Å²) in [7, 11) is 0. The SMILES string of the molecule is Cc1ccc2oc(/C=C/c3coc4ccc([N+](=O)[O-])cc4c3=O)cc(=O)c2c1. The van der Waals surface area contributed by atoms with Crippen LogP contribution in [0.4, 0.5) is 5.69 Å². The Morgan fingerprint density at radius 2 is 1.75 bits per heavy atom. The lowest BCUT2D eigenvalue weighted by atomic mass is 10.1. The van der Waals surface area contributed by atoms with Gasteiger partial charge in [0.1, 0.15) is 23.2 Å². The van der Waals surface area contributed by atoms with Crippen LogP contribution >= 0.6 is 0 Å². The standard InChI is InChI=1S/C21H13NO6/c1-12-2-6-20-16(8-12)18(23)10-15(28-20)5-3-13-11-27-19-7-4-14(22(25)26)9-17(19)21(13)24/h2-11H,1H3/b5-3+. The van der Waals surface area contributed by atoms with Gasteiger partial charge in [-0.25, -0.2) is 0 Å². The third-order valence-corrected chi connectivity index (χ3v) is 4.32. The van der Waals surface area contributed by atoms with Crippen LogP contribution in [-0.2, 0) is 0 Å². The molecule has 0 saturated heterocycles. The quantitative estimate of drug-likeness (QED) is 0.391. The lowest BCUT2D eigenvalue weighted by Gasteiger charge is -2.01. The Morgan fingerprint density at radius 1 is 0.964 bits per heavy atom. The van der Waals surface area contributed by atoms with Crippen LogP contribution in [0.5, 0.6) is 0 Å². The zero-order valence-electron chi connectivity index (χ0n) is 14.7. The first-order chi connectivity index (χ1) is 13.4. The second-order valence-corrected chi connectivity index (χ2v) is 6.30. The minimum atomic E-state index is -0.577. The number of nitro benzene ring substituents is 1. The molecule has 0 aliphatic rings. The summed E-state index contributed by atoms with van der Waals surface area (Å²) in [6.07, 6.45) is 4.19. The first-order valence-corrected chi connectivity index (χ1v) is 8.35. The van der Waals surface area contributed by atoms with Crippen molar-refractivity contribution in [2.75, 3.05) is 0 Å². The van der Waals surface area contributed by atoms with Crippen LogP contribution in [0.2, 0.25) is 0 Å². The fraction of sp³-hybridized carbons (Fsp3) is 0.0476. The molecule has 2 aromatic heterocycles. The van der Waals surface area contributed by atoms with E-state index in [-0.39, 0.29) is 33.4 Å². The normalized spacial score (nSPS) is 11.5. The molecule has 0 amide bonds. The predicted octanol–water partition coefficient (Wildman–Crippen LogP) is 4.29. The summed E-state index contributed by atoms with van der Waals surface area (Å²) in [5, 5.41) is 11.5. The Hall–Kier alpha value is -4.00. The number of hydrogen-bond donors (Lipinski definition) is 0. The van der Waals surface area contributed by atoms with Gasteiger partial charge in [0.2, 0.25) is 0 Å². The van der Waals surface area contributed by atoms with Gasteiger partial charge < -0.3 is 8.83 Å². The third kappa shape index (κ3) is 3.09. The van der Waals surface area contributed by atoms with E-state index in [2.05, 4.69) is 0 Å². The number of nitro groups is 1. The molecule has 0 fully saturated rings. The van der Waals surface area contributed by atoms with Gasteiger partial charge in [0.15, 0.2) is 10.9 Å². The molecule has 7 heteroatoms. The molecule has 0 aliphatic heterocycles. The Bertz CT molecular complexity index is 1390. The molecule has 0 bridgehead atoms. The van der Waals surface area contributed by atoms with Crippen LogP contribution in [0, 0.1) is 17.0 Å². The van der Waals surface area contributed by atoms with Crippen LogP contribution in [0.1, 0.15) is 16.9 Å². The number of hydrogen-bond acceptors (Lipinski definition) is 6. The van der Waals surface area contributed by atoms with Crippen molar-refractivity contribution in [3.63, 3.8) is 0 Å². The molecular weight excluding hydrogens is 362 g/mol. The van der Waals surface area contributed by atoms with E-state index >= 15 is 0 Å². The van der Waals surface area contributed by atoms with Gasteiger partial charge in [0.05, 0.1) is 21.3 Å². The topological polar surface area (TPSA) is 104 Å². The van der Waals surface area contributed by atoms with Gasteiger partial charge in [0.25, 0.3) is 5.69 Å². The largest absolute Gasteiger partial charge is 0.463 e. The number of benzene rings is 2. The molecule has 4 aromatic rings. The third-order valence-electron chi connectivity index (χ3n) is 4.32. The maximum Gasteiger partial charge on any atom is 0.270 e. The fourth-order valence-electron chi connectivity index (χ4n) is 2.91. The van der Waals surface area contributed by atoms with E-state index < -0.39 is 10.4 Å². The van der Waals surface area contributed by atoms with Gasteiger partial charge in [0, 0.05) is 18.2 Å². The fourth-order valence-corrected chi connectivity index (χ4v) is 2.91. The van der Waals surface area contributed by atoms with Gasteiger partial charge in [-0.15, -0.1) is 0 Å². The van der Waals surface area contributed by atoms with E-state index in [0.29, 0.717) is 11.0 Å². The number of non-ortho nitro benzene ring substituents is 1. The highest BCUT2D eigenvalue weighted by molar-refractivity contribution is 5.83. The highest BCUT2D eigenvalue weighted by Crippen LogP contribution is 2.20. The van der Waals surface area contributed by atoms with E-state index in [9.17, 15) is 19.7 Å². The van der Waals surface area contributed by atoms with Crippen molar-refractivity contribution >= 4 is 39.8 Å². The molecule has 7 nitrogen and oxygen atoms in total. The maximum atomic E-state index is 12.6. The highest BCUT2D eigenvalue weighted by Gasteiger charge is 2.11. The average molecular weight is 375 g/mol. The number of fused-ring (bicyclic) bond motifs is 2. The first-order valence-electron chi connectivity index (χ1n) is 8.35. The lowest BCUT2D eigenvalue weighted by Crippen LogP contribution is -2.05. The molecule has 0 spiro atoms. The van der Waals surface area contributed by atoms with Crippen LogP contribution < -0.4 is 10.9 Å². The second-order valence-electron chi connectivity index (χ2n) is 6.30. The molecule has 0 unspecified atom stereocenters. The van der Waals surface area contributed by atoms with Crippen LogP contribution in [0.3, 0.4) is 0 Å².